The summed E-state index contributed by atoms with van der Waals surface area (Å²) in [5.41, 5.74) is 2.27. The molecule has 0 bridgehead atoms. The zero-order valence-electron chi connectivity index (χ0n) is 10.2. The second kappa shape index (κ2) is 5.10. The van der Waals surface area contributed by atoms with Gasteiger partial charge in [-0.05, 0) is 46.9 Å². The number of aromatic amines is 1. The standard InChI is InChI=1S/C15H10ClIN2O/c16-9-3-6-11-12(7-9)19-15(20)13(11)14(18)8-1-4-10(17)5-2-8/h1-7,18-20H. The van der Waals surface area contributed by atoms with Crippen molar-refractivity contribution >= 4 is 50.8 Å². The lowest BCUT2D eigenvalue weighted by molar-refractivity contribution is 0.457. The molecule has 5 heteroatoms. The first-order valence-corrected chi connectivity index (χ1v) is 7.37. The Morgan fingerprint density at radius 2 is 1.85 bits per heavy atom. The van der Waals surface area contributed by atoms with E-state index in [1.807, 2.05) is 30.3 Å². The third-order valence-corrected chi connectivity index (χ3v) is 4.08. The number of halogens is 2. The molecule has 100 valence electrons. The fraction of sp³-hybridized carbons (Fsp3) is 0. The van der Waals surface area contributed by atoms with E-state index in [4.69, 9.17) is 17.0 Å². The van der Waals surface area contributed by atoms with Gasteiger partial charge in [-0.25, -0.2) is 0 Å². The highest BCUT2D eigenvalue weighted by molar-refractivity contribution is 14.1. The Kier molecular flexibility index (Phi) is 3.43. The third kappa shape index (κ3) is 2.29. The summed E-state index contributed by atoms with van der Waals surface area (Å²) in [6.07, 6.45) is 0. The predicted molar refractivity (Wildman–Crippen MR) is 90.1 cm³/mol. The summed E-state index contributed by atoms with van der Waals surface area (Å²) in [7, 11) is 0. The molecule has 2 aromatic carbocycles. The van der Waals surface area contributed by atoms with Crippen LogP contribution < -0.4 is 0 Å². The van der Waals surface area contributed by atoms with Crippen LogP contribution >= 0.6 is 34.2 Å². The second-order valence-electron chi connectivity index (χ2n) is 4.42. The molecule has 3 aromatic rings. The number of hydrogen-bond donors (Lipinski definition) is 3. The van der Waals surface area contributed by atoms with Gasteiger partial charge >= 0.3 is 0 Å². The van der Waals surface area contributed by atoms with Gasteiger partial charge in [-0.15, -0.1) is 0 Å². The van der Waals surface area contributed by atoms with Gasteiger partial charge in [0.2, 0.25) is 0 Å². The number of nitrogens with one attached hydrogen (secondary N) is 2. The van der Waals surface area contributed by atoms with Crippen LogP contribution in [0.15, 0.2) is 42.5 Å². The topological polar surface area (TPSA) is 59.9 Å². The number of benzene rings is 2. The zero-order chi connectivity index (χ0) is 14.3. The van der Waals surface area contributed by atoms with Gasteiger partial charge in [0.25, 0.3) is 0 Å². The summed E-state index contributed by atoms with van der Waals surface area (Å²) in [6.45, 7) is 0. The van der Waals surface area contributed by atoms with Crippen LogP contribution in [-0.2, 0) is 0 Å². The highest BCUT2D eigenvalue weighted by Crippen LogP contribution is 2.31. The minimum atomic E-state index is -0.00850. The van der Waals surface area contributed by atoms with Gasteiger partial charge in [0.05, 0.1) is 16.8 Å². The van der Waals surface area contributed by atoms with Gasteiger partial charge in [-0.1, -0.05) is 29.8 Å². The molecule has 20 heavy (non-hydrogen) atoms. The van der Waals surface area contributed by atoms with E-state index in [0.717, 1.165) is 20.0 Å². The van der Waals surface area contributed by atoms with Crippen LogP contribution in [0.4, 0.5) is 0 Å². The monoisotopic (exact) mass is 396 g/mol. The minimum Gasteiger partial charge on any atom is -0.494 e. The van der Waals surface area contributed by atoms with Gasteiger partial charge in [-0.2, -0.15) is 0 Å². The van der Waals surface area contributed by atoms with Crippen molar-refractivity contribution in [3.05, 3.63) is 62.2 Å². The van der Waals surface area contributed by atoms with Crippen molar-refractivity contribution in [2.45, 2.75) is 0 Å². The van der Waals surface area contributed by atoms with E-state index >= 15 is 0 Å². The summed E-state index contributed by atoms with van der Waals surface area (Å²) in [5.74, 6) is -0.00850. The van der Waals surface area contributed by atoms with Crippen molar-refractivity contribution in [1.29, 1.82) is 5.41 Å². The molecular weight excluding hydrogens is 387 g/mol. The average Bonchev–Trinajstić information content (AvgIpc) is 2.73. The van der Waals surface area contributed by atoms with Crippen LogP contribution in [0.5, 0.6) is 5.88 Å². The third-order valence-electron chi connectivity index (χ3n) is 3.12. The number of rotatable bonds is 2. The largest absolute Gasteiger partial charge is 0.494 e. The van der Waals surface area contributed by atoms with Crippen LogP contribution in [0.3, 0.4) is 0 Å². The van der Waals surface area contributed by atoms with Gasteiger partial charge in [0.1, 0.15) is 0 Å². The molecule has 3 rings (SSSR count). The molecule has 0 radical (unpaired) electrons. The fourth-order valence-electron chi connectivity index (χ4n) is 2.17. The van der Waals surface area contributed by atoms with E-state index in [0.29, 0.717) is 10.6 Å². The molecule has 0 aliphatic rings. The lowest BCUT2D eigenvalue weighted by atomic mass is 10.0. The average molecular weight is 397 g/mol. The summed E-state index contributed by atoms with van der Waals surface area (Å²) >= 11 is 8.16. The summed E-state index contributed by atoms with van der Waals surface area (Å²) in [6, 6.07) is 12.9. The Bertz CT molecular complexity index is 809. The number of fused-ring (bicyclic) bond motifs is 1. The van der Waals surface area contributed by atoms with Gasteiger partial charge < -0.3 is 10.1 Å². The van der Waals surface area contributed by atoms with E-state index < -0.39 is 0 Å². The molecule has 3 N–H and O–H groups in total. The molecule has 0 saturated heterocycles. The second-order valence-corrected chi connectivity index (χ2v) is 6.10. The first-order chi connectivity index (χ1) is 9.56. The fourth-order valence-corrected chi connectivity index (χ4v) is 2.70. The maximum atomic E-state index is 10.1. The zero-order valence-corrected chi connectivity index (χ0v) is 13.2. The number of aromatic nitrogens is 1. The van der Waals surface area contributed by atoms with E-state index in [9.17, 15) is 5.11 Å². The van der Waals surface area contributed by atoms with Gasteiger partial charge in [-0.3, -0.25) is 5.41 Å². The van der Waals surface area contributed by atoms with E-state index in [1.54, 1.807) is 12.1 Å². The van der Waals surface area contributed by atoms with E-state index in [2.05, 4.69) is 27.6 Å². The molecule has 0 amide bonds. The molecule has 0 spiro atoms. The van der Waals surface area contributed by atoms with Crippen LogP contribution in [0, 0.1) is 8.98 Å². The Balaban J connectivity index is 2.16. The Morgan fingerprint density at radius 3 is 2.55 bits per heavy atom. The highest BCUT2D eigenvalue weighted by Gasteiger charge is 2.16. The Hall–Kier alpha value is -1.53. The lowest BCUT2D eigenvalue weighted by Crippen LogP contribution is -2.00. The van der Waals surface area contributed by atoms with Gasteiger partial charge in [0, 0.05) is 19.5 Å². The molecule has 0 unspecified atom stereocenters. The SMILES string of the molecule is N=C(c1ccc(I)cc1)c1c(O)[nH]c2cc(Cl)ccc12. The Labute approximate surface area is 134 Å². The number of H-pyrrole nitrogens is 1. The van der Waals surface area contributed by atoms with E-state index in [1.165, 1.54) is 0 Å². The molecule has 1 aromatic heterocycles. The van der Waals surface area contributed by atoms with Crippen LogP contribution in [0.2, 0.25) is 5.02 Å². The molecular formula is C15H10ClIN2O. The molecule has 0 aliphatic heterocycles. The maximum Gasteiger partial charge on any atom is 0.199 e. The molecule has 1 heterocycles. The molecule has 0 saturated carbocycles. The maximum absolute atomic E-state index is 10.1. The quantitative estimate of drug-likeness (QED) is 0.432. The van der Waals surface area contributed by atoms with Crippen molar-refractivity contribution in [2.75, 3.05) is 0 Å². The molecule has 0 atom stereocenters. The lowest BCUT2D eigenvalue weighted by Gasteiger charge is -2.04. The molecule has 0 aliphatic carbocycles. The van der Waals surface area contributed by atoms with Crippen molar-refractivity contribution in [2.24, 2.45) is 0 Å². The predicted octanol–water partition coefficient (Wildman–Crippen LogP) is 4.55. The van der Waals surface area contributed by atoms with Crippen LogP contribution in [-0.4, -0.2) is 15.8 Å². The smallest absolute Gasteiger partial charge is 0.199 e. The van der Waals surface area contributed by atoms with Crippen molar-refractivity contribution in [3.63, 3.8) is 0 Å². The Morgan fingerprint density at radius 1 is 1.15 bits per heavy atom. The van der Waals surface area contributed by atoms with Crippen molar-refractivity contribution in [1.82, 2.24) is 4.98 Å². The number of hydrogen-bond acceptors (Lipinski definition) is 2. The normalized spacial score (nSPS) is 10.9. The highest BCUT2D eigenvalue weighted by atomic mass is 127. The van der Waals surface area contributed by atoms with Crippen LogP contribution in [0.1, 0.15) is 11.1 Å². The summed E-state index contributed by atoms with van der Waals surface area (Å²) in [4.78, 5) is 2.86. The first-order valence-electron chi connectivity index (χ1n) is 5.91. The summed E-state index contributed by atoms with van der Waals surface area (Å²) in [5, 5.41) is 19.8. The van der Waals surface area contributed by atoms with E-state index in [-0.39, 0.29) is 11.6 Å². The minimum absolute atomic E-state index is 0.00850. The van der Waals surface area contributed by atoms with Crippen molar-refractivity contribution < 1.29 is 5.11 Å². The number of aromatic hydroxyl groups is 1. The van der Waals surface area contributed by atoms with Crippen LogP contribution in [0.25, 0.3) is 10.9 Å². The van der Waals surface area contributed by atoms with Crippen molar-refractivity contribution in [3.8, 4) is 5.88 Å². The summed E-state index contributed by atoms with van der Waals surface area (Å²) < 4.78 is 1.11. The first kappa shape index (κ1) is 13.5. The van der Waals surface area contributed by atoms with Gasteiger partial charge in [0.15, 0.2) is 5.88 Å². The molecule has 0 fully saturated rings. The molecule has 3 nitrogen and oxygen atoms in total.